The van der Waals surface area contributed by atoms with Crippen LogP contribution in [0.3, 0.4) is 0 Å². The highest BCUT2D eigenvalue weighted by molar-refractivity contribution is 5.94. The van der Waals surface area contributed by atoms with E-state index in [0.717, 1.165) is 24.3 Å². The number of hydrogen-bond donors (Lipinski definition) is 0. The number of methoxy groups -OCH3 is 1. The van der Waals surface area contributed by atoms with Gasteiger partial charge in [-0.3, -0.25) is 9.78 Å². The minimum absolute atomic E-state index is 0.0481. The lowest BCUT2D eigenvalue weighted by molar-refractivity contribution is 0.0787. The fraction of sp³-hybridized carbons (Fsp3) is 0.300. The average Bonchev–Trinajstić information content (AvgIpc) is 3.38. The summed E-state index contributed by atoms with van der Waals surface area (Å²) in [6, 6.07) is 11.0. The first-order valence-corrected chi connectivity index (χ1v) is 8.89. The van der Waals surface area contributed by atoms with Crippen molar-refractivity contribution in [3.63, 3.8) is 0 Å². The average molecular weight is 364 g/mol. The Balaban J connectivity index is 1.37. The smallest absolute Gasteiger partial charge is 0.257 e. The first kappa shape index (κ1) is 17.2. The second-order valence-electron chi connectivity index (χ2n) is 6.59. The van der Waals surface area contributed by atoms with E-state index in [1.54, 1.807) is 31.6 Å². The highest BCUT2D eigenvalue weighted by Gasteiger charge is 2.28. The summed E-state index contributed by atoms with van der Waals surface area (Å²) in [5, 5.41) is 4.10. The molecular formula is C20H20N4O3. The molecule has 1 atom stereocenters. The van der Waals surface area contributed by atoms with Crippen LogP contribution in [-0.4, -0.2) is 46.1 Å². The van der Waals surface area contributed by atoms with E-state index in [-0.39, 0.29) is 5.91 Å². The molecular weight excluding hydrogens is 344 g/mol. The number of carbonyl (C=O) groups excluding carboxylic acids is 1. The van der Waals surface area contributed by atoms with Crippen LogP contribution in [0.15, 0.2) is 53.3 Å². The van der Waals surface area contributed by atoms with Crippen molar-refractivity contribution in [1.29, 1.82) is 0 Å². The molecule has 1 aliphatic heterocycles. The minimum atomic E-state index is 0.0481. The van der Waals surface area contributed by atoms with Crippen LogP contribution in [0.1, 0.15) is 22.6 Å². The zero-order valence-corrected chi connectivity index (χ0v) is 15.0. The molecule has 0 bridgehead atoms. The molecule has 0 spiro atoms. The molecule has 0 saturated carbocycles. The van der Waals surface area contributed by atoms with Gasteiger partial charge in [0.15, 0.2) is 5.82 Å². The molecule has 7 heteroatoms. The number of likely N-dealkylation sites (tertiary alicyclic amines) is 1. The van der Waals surface area contributed by atoms with Crippen molar-refractivity contribution in [3.8, 4) is 17.2 Å². The Bertz CT molecular complexity index is 908. The van der Waals surface area contributed by atoms with E-state index in [9.17, 15) is 4.79 Å². The molecule has 27 heavy (non-hydrogen) atoms. The van der Waals surface area contributed by atoms with Gasteiger partial charge in [0.25, 0.3) is 11.8 Å². The molecule has 138 valence electrons. The Morgan fingerprint density at radius 3 is 2.74 bits per heavy atom. The van der Waals surface area contributed by atoms with E-state index in [1.165, 1.54) is 0 Å². The van der Waals surface area contributed by atoms with Gasteiger partial charge in [0.2, 0.25) is 0 Å². The number of pyridine rings is 1. The van der Waals surface area contributed by atoms with Crippen LogP contribution >= 0.6 is 0 Å². The summed E-state index contributed by atoms with van der Waals surface area (Å²) in [5.74, 6) is 2.33. The van der Waals surface area contributed by atoms with Gasteiger partial charge < -0.3 is 14.2 Å². The van der Waals surface area contributed by atoms with Gasteiger partial charge in [-0.15, -0.1) is 0 Å². The summed E-state index contributed by atoms with van der Waals surface area (Å²) in [4.78, 5) is 22.9. The summed E-state index contributed by atoms with van der Waals surface area (Å²) in [6.45, 7) is 1.45. The van der Waals surface area contributed by atoms with Gasteiger partial charge in [-0.05, 0) is 48.7 Å². The SMILES string of the molecule is COc1ccc(-c2nc(CC3CCN(C(=O)c4ccncc4)C3)no2)cc1. The highest BCUT2D eigenvalue weighted by Crippen LogP contribution is 2.24. The van der Waals surface area contributed by atoms with E-state index in [0.29, 0.717) is 36.2 Å². The van der Waals surface area contributed by atoms with E-state index in [4.69, 9.17) is 9.26 Å². The maximum absolute atomic E-state index is 12.5. The summed E-state index contributed by atoms with van der Waals surface area (Å²) >= 11 is 0. The quantitative estimate of drug-likeness (QED) is 0.692. The number of benzene rings is 1. The summed E-state index contributed by atoms with van der Waals surface area (Å²) in [7, 11) is 1.63. The molecule has 0 aliphatic carbocycles. The second kappa shape index (κ2) is 7.57. The maximum Gasteiger partial charge on any atom is 0.257 e. The summed E-state index contributed by atoms with van der Waals surface area (Å²) < 4.78 is 10.5. The number of nitrogens with zero attached hydrogens (tertiary/aromatic N) is 4. The van der Waals surface area contributed by atoms with Crippen molar-refractivity contribution in [2.75, 3.05) is 20.2 Å². The minimum Gasteiger partial charge on any atom is -0.497 e. The van der Waals surface area contributed by atoms with E-state index >= 15 is 0 Å². The van der Waals surface area contributed by atoms with Crippen molar-refractivity contribution in [1.82, 2.24) is 20.0 Å². The predicted octanol–water partition coefficient (Wildman–Crippen LogP) is 2.85. The lowest BCUT2D eigenvalue weighted by Gasteiger charge is -2.16. The maximum atomic E-state index is 12.5. The Morgan fingerprint density at radius 1 is 1.22 bits per heavy atom. The number of ether oxygens (including phenoxy) is 1. The van der Waals surface area contributed by atoms with Crippen LogP contribution in [0, 0.1) is 5.92 Å². The summed E-state index contributed by atoms with van der Waals surface area (Å²) in [5.41, 5.74) is 1.53. The largest absolute Gasteiger partial charge is 0.497 e. The molecule has 1 aromatic carbocycles. The van der Waals surface area contributed by atoms with Gasteiger partial charge in [0, 0.05) is 43.0 Å². The molecule has 2 aromatic heterocycles. The van der Waals surface area contributed by atoms with Gasteiger partial charge >= 0.3 is 0 Å². The normalized spacial score (nSPS) is 16.5. The van der Waals surface area contributed by atoms with Crippen LogP contribution in [0.25, 0.3) is 11.5 Å². The fourth-order valence-electron chi connectivity index (χ4n) is 3.31. The number of amides is 1. The van der Waals surface area contributed by atoms with Gasteiger partial charge in [-0.1, -0.05) is 5.16 Å². The van der Waals surface area contributed by atoms with E-state index in [1.807, 2.05) is 29.2 Å². The molecule has 1 aliphatic rings. The number of carbonyl (C=O) groups is 1. The highest BCUT2D eigenvalue weighted by atomic mass is 16.5. The molecule has 0 N–H and O–H groups in total. The molecule has 1 amide bonds. The van der Waals surface area contributed by atoms with Crippen LogP contribution in [0.2, 0.25) is 0 Å². The third-order valence-corrected chi connectivity index (χ3v) is 4.78. The van der Waals surface area contributed by atoms with Crippen LogP contribution in [-0.2, 0) is 6.42 Å². The van der Waals surface area contributed by atoms with Crippen LogP contribution in [0.4, 0.5) is 0 Å². The molecule has 4 rings (SSSR count). The Kier molecular flexibility index (Phi) is 4.82. The fourth-order valence-corrected chi connectivity index (χ4v) is 3.31. The van der Waals surface area contributed by atoms with E-state index in [2.05, 4.69) is 15.1 Å². The van der Waals surface area contributed by atoms with Crippen LogP contribution in [0.5, 0.6) is 5.75 Å². The molecule has 1 unspecified atom stereocenters. The Morgan fingerprint density at radius 2 is 2.00 bits per heavy atom. The zero-order chi connectivity index (χ0) is 18.6. The molecule has 3 heterocycles. The van der Waals surface area contributed by atoms with Gasteiger partial charge in [0.1, 0.15) is 5.75 Å². The number of aromatic nitrogens is 3. The summed E-state index contributed by atoms with van der Waals surface area (Å²) in [6.07, 6.45) is 4.91. The Labute approximate surface area is 157 Å². The molecule has 1 saturated heterocycles. The molecule has 3 aromatic rings. The van der Waals surface area contributed by atoms with E-state index < -0.39 is 0 Å². The lowest BCUT2D eigenvalue weighted by Crippen LogP contribution is -2.29. The molecule has 7 nitrogen and oxygen atoms in total. The lowest BCUT2D eigenvalue weighted by atomic mass is 10.0. The van der Waals surface area contributed by atoms with Gasteiger partial charge in [-0.25, -0.2) is 0 Å². The number of rotatable bonds is 5. The van der Waals surface area contributed by atoms with Gasteiger partial charge in [0.05, 0.1) is 7.11 Å². The van der Waals surface area contributed by atoms with Crippen molar-refractivity contribution in [3.05, 3.63) is 60.2 Å². The van der Waals surface area contributed by atoms with Crippen molar-refractivity contribution in [2.24, 2.45) is 5.92 Å². The Hall–Kier alpha value is -3.22. The first-order chi connectivity index (χ1) is 13.2. The monoisotopic (exact) mass is 364 g/mol. The topological polar surface area (TPSA) is 81.4 Å². The van der Waals surface area contributed by atoms with Crippen molar-refractivity contribution >= 4 is 5.91 Å². The molecule has 0 radical (unpaired) electrons. The zero-order valence-electron chi connectivity index (χ0n) is 15.0. The van der Waals surface area contributed by atoms with Crippen LogP contribution < -0.4 is 4.74 Å². The predicted molar refractivity (Wildman–Crippen MR) is 98.2 cm³/mol. The number of hydrogen-bond acceptors (Lipinski definition) is 6. The first-order valence-electron chi connectivity index (χ1n) is 8.89. The second-order valence-corrected chi connectivity index (χ2v) is 6.59. The third kappa shape index (κ3) is 3.81. The van der Waals surface area contributed by atoms with Crippen molar-refractivity contribution in [2.45, 2.75) is 12.8 Å². The standard InChI is InChI=1S/C20H20N4O3/c1-26-17-4-2-15(3-5-17)19-22-18(23-27-19)12-14-8-11-24(13-14)20(25)16-6-9-21-10-7-16/h2-7,9-10,14H,8,11-13H2,1H3. The van der Waals surface area contributed by atoms with Gasteiger partial charge in [-0.2, -0.15) is 4.98 Å². The van der Waals surface area contributed by atoms with Crippen molar-refractivity contribution < 1.29 is 14.1 Å². The molecule has 1 fully saturated rings. The third-order valence-electron chi connectivity index (χ3n) is 4.78.